The van der Waals surface area contributed by atoms with Gasteiger partial charge in [-0.2, -0.15) is 0 Å². The molecule has 18 heavy (non-hydrogen) atoms. The van der Waals surface area contributed by atoms with Crippen LogP contribution in [0.5, 0.6) is 0 Å². The Labute approximate surface area is 107 Å². The van der Waals surface area contributed by atoms with Crippen molar-refractivity contribution in [1.29, 1.82) is 0 Å². The van der Waals surface area contributed by atoms with Gasteiger partial charge in [0.25, 0.3) is 0 Å². The first-order chi connectivity index (χ1) is 8.72. The van der Waals surface area contributed by atoms with Crippen LogP contribution in [0.15, 0.2) is 18.2 Å². The van der Waals surface area contributed by atoms with Gasteiger partial charge in [-0.1, -0.05) is 25.0 Å². The fraction of sp³-hybridized carbons (Fsp3) is 0.500. The summed E-state index contributed by atoms with van der Waals surface area (Å²) in [6.45, 7) is 0.417. The predicted molar refractivity (Wildman–Crippen MR) is 69.2 cm³/mol. The lowest BCUT2D eigenvalue weighted by molar-refractivity contribution is 0.0432. The number of hydrogen-bond donors (Lipinski definition) is 1. The Balaban J connectivity index is 2.11. The molecule has 2 rings (SSSR count). The normalized spacial score (nSPS) is 15.8. The van der Waals surface area contributed by atoms with E-state index in [1.165, 1.54) is 20.0 Å². The summed E-state index contributed by atoms with van der Waals surface area (Å²) in [4.78, 5) is 11.7. The summed E-state index contributed by atoms with van der Waals surface area (Å²) in [7, 11) is 1.36. The van der Waals surface area contributed by atoms with Crippen molar-refractivity contribution in [2.24, 2.45) is 0 Å². The molecule has 1 aliphatic carbocycles. The smallest absolute Gasteiger partial charge is 0.340 e. The molecule has 0 amide bonds. The quantitative estimate of drug-likeness (QED) is 0.658. The van der Waals surface area contributed by atoms with Gasteiger partial charge in [0, 0.05) is 5.69 Å². The fourth-order valence-electron chi connectivity index (χ4n) is 2.35. The maximum Gasteiger partial charge on any atom is 0.340 e. The van der Waals surface area contributed by atoms with Crippen LogP contribution in [0, 0.1) is 0 Å². The summed E-state index contributed by atoms with van der Waals surface area (Å²) in [6, 6.07) is 5.39. The van der Waals surface area contributed by atoms with Crippen molar-refractivity contribution in [3.63, 3.8) is 0 Å². The van der Waals surface area contributed by atoms with Crippen molar-refractivity contribution >= 4 is 11.7 Å². The predicted octanol–water partition coefficient (Wildman–Crippen LogP) is 2.51. The van der Waals surface area contributed by atoms with Crippen LogP contribution in [-0.2, 0) is 16.1 Å². The average molecular weight is 249 g/mol. The van der Waals surface area contributed by atoms with Crippen LogP contribution in [0.1, 0.15) is 41.6 Å². The number of ether oxygens (including phenoxy) is 2. The zero-order valence-corrected chi connectivity index (χ0v) is 10.6. The zero-order valence-electron chi connectivity index (χ0n) is 10.6. The molecule has 4 heteroatoms. The zero-order chi connectivity index (χ0) is 13.0. The standard InChI is InChI=1S/C14H19NO3/c1-17-14(16)13-10(5-4-8-12(13)15)9-18-11-6-2-3-7-11/h4-5,8,11H,2-3,6-7,9,15H2,1H3. The van der Waals surface area contributed by atoms with E-state index in [4.69, 9.17) is 15.2 Å². The maximum atomic E-state index is 11.7. The Morgan fingerprint density at radius 1 is 1.39 bits per heavy atom. The summed E-state index contributed by atoms with van der Waals surface area (Å²) in [5.74, 6) is -0.405. The second kappa shape index (κ2) is 5.87. The Kier molecular flexibility index (Phi) is 4.20. The second-order valence-electron chi connectivity index (χ2n) is 4.59. The van der Waals surface area contributed by atoms with Crippen molar-refractivity contribution in [2.75, 3.05) is 12.8 Å². The minimum atomic E-state index is -0.405. The van der Waals surface area contributed by atoms with Crippen molar-refractivity contribution in [3.05, 3.63) is 29.3 Å². The van der Waals surface area contributed by atoms with Crippen LogP contribution in [0.2, 0.25) is 0 Å². The van der Waals surface area contributed by atoms with Gasteiger partial charge in [0.1, 0.15) is 0 Å². The molecule has 1 aliphatic rings. The number of esters is 1. The lowest BCUT2D eigenvalue weighted by atomic mass is 10.1. The molecule has 0 aromatic heterocycles. The Morgan fingerprint density at radius 2 is 2.11 bits per heavy atom. The third kappa shape index (κ3) is 2.82. The molecule has 98 valence electrons. The van der Waals surface area contributed by atoms with Gasteiger partial charge in [0.05, 0.1) is 25.4 Å². The highest BCUT2D eigenvalue weighted by molar-refractivity contribution is 5.96. The monoisotopic (exact) mass is 249 g/mol. The van der Waals surface area contributed by atoms with E-state index >= 15 is 0 Å². The van der Waals surface area contributed by atoms with Crippen molar-refractivity contribution in [2.45, 2.75) is 38.4 Å². The van der Waals surface area contributed by atoms with Crippen molar-refractivity contribution < 1.29 is 14.3 Å². The molecular weight excluding hydrogens is 230 g/mol. The van der Waals surface area contributed by atoms with Crippen LogP contribution in [0.3, 0.4) is 0 Å². The number of carbonyl (C=O) groups excluding carboxylic acids is 1. The summed E-state index contributed by atoms with van der Waals surface area (Å²) >= 11 is 0. The van der Waals surface area contributed by atoms with E-state index in [1.807, 2.05) is 12.1 Å². The fourth-order valence-corrected chi connectivity index (χ4v) is 2.35. The van der Waals surface area contributed by atoms with E-state index in [0.717, 1.165) is 18.4 Å². The lowest BCUT2D eigenvalue weighted by Crippen LogP contribution is -2.13. The van der Waals surface area contributed by atoms with E-state index in [-0.39, 0.29) is 0 Å². The molecule has 1 aromatic rings. The minimum Gasteiger partial charge on any atom is -0.465 e. The molecule has 0 radical (unpaired) electrons. The molecule has 4 nitrogen and oxygen atoms in total. The molecular formula is C14H19NO3. The van der Waals surface area contributed by atoms with Gasteiger partial charge < -0.3 is 15.2 Å². The Hall–Kier alpha value is -1.55. The highest BCUT2D eigenvalue weighted by Gasteiger charge is 2.19. The molecule has 0 bridgehead atoms. The van der Waals surface area contributed by atoms with Gasteiger partial charge in [-0.15, -0.1) is 0 Å². The van der Waals surface area contributed by atoms with Gasteiger partial charge in [0.15, 0.2) is 0 Å². The van der Waals surface area contributed by atoms with E-state index in [1.54, 1.807) is 6.07 Å². The molecule has 2 N–H and O–H groups in total. The van der Waals surface area contributed by atoms with Crippen LogP contribution in [0.25, 0.3) is 0 Å². The molecule has 1 aromatic carbocycles. The van der Waals surface area contributed by atoms with E-state index in [2.05, 4.69) is 0 Å². The summed E-state index contributed by atoms with van der Waals surface area (Å²) in [6.07, 6.45) is 4.99. The summed E-state index contributed by atoms with van der Waals surface area (Å²) in [5.41, 5.74) is 7.49. The minimum absolute atomic E-state index is 0.317. The SMILES string of the molecule is COC(=O)c1c(N)cccc1COC1CCCC1. The van der Waals surface area contributed by atoms with E-state index < -0.39 is 5.97 Å². The summed E-state index contributed by atoms with van der Waals surface area (Å²) < 4.78 is 10.6. The lowest BCUT2D eigenvalue weighted by Gasteiger charge is -2.14. The van der Waals surface area contributed by atoms with Crippen molar-refractivity contribution in [3.8, 4) is 0 Å². The van der Waals surface area contributed by atoms with Gasteiger partial charge in [-0.3, -0.25) is 0 Å². The van der Waals surface area contributed by atoms with Crippen LogP contribution >= 0.6 is 0 Å². The van der Waals surface area contributed by atoms with Crippen molar-refractivity contribution in [1.82, 2.24) is 0 Å². The number of rotatable bonds is 4. The highest BCUT2D eigenvalue weighted by Crippen LogP contribution is 2.24. The van der Waals surface area contributed by atoms with Gasteiger partial charge >= 0.3 is 5.97 Å². The number of methoxy groups -OCH3 is 1. The van der Waals surface area contributed by atoms with Gasteiger partial charge in [0.2, 0.25) is 0 Å². The third-order valence-corrected chi connectivity index (χ3v) is 3.35. The molecule has 0 heterocycles. The number of carbonyl (C=O) groups is 1. The van der Waals surface area contributed by atoms with Crippen LogP contribution < -0.4 is 5.73 Å². The second-order valence-corrected chi connectivity index (χ2v) is 4.59. The molecule has 0 atom stereocenters. The van der Waals surface area contributed by atoms with E-state index in [0.29, 0.717) is 24.0 Å². The van der Waals surface area contributed by atoms with Crippen LogP contribution in [0.4, 0.5) is 5.69 Å². The first-order valence-electron chi connectivity index (χ1n) is 6.29. The van der Waals surface area contributed by atoms with E-state index in [9.17, 15) is 4.79 Å². The Bertz CT molecular complexity index is 425. The molecule has 1 fully saturated rings. The molecule has 0 saturated heterocycles. The topological polar surface area (TPSA) is 61.5 Å². The number of nitrogens with two attached hydrogens (primary N) is 1. The highest BCUT2D eigenvalue weighted by atomic mass is 16.5. The van der Waals surface area contributed by atoms with Gasteiger partial charge in [-0.25, -0.2) is 4.79 Å². The Morgan fingerprint density at radius 3 is 2.78 bits per heavy atom. The largest absolute Gasteiger partial charge is 0.465 e. The maximum absolute atomic E-state index is 11.7. The number of benzene rings is 1. The molecule has 0 spiro atoms. The summed E-state index contributed by atoms with van der Waals surface area (Å²) in [5, 5.41) is 0. The molecule has 0 aliphatic heterocycles. The first kappa shape index (κ1) is 12.9. The number of nitrogen functional groups attached to an aromatic ring is 1. The number of hydrogen-bond acceptors (Lipinski definition) is 4. The number of anilines is 1. The molecule has 1 saturated carbocycles. The third-order valence-electron chi connectivity index (χ3n) is 3.35. The average Bonchev–Trinajstić information content (AvgIpc) is 2.88. The first-order valence-corrected chi connectivity index (χ1v) is 6.29. The van der Waals surface area contributed by atoms with Crippen LogP contribution in [-0.4, -0.2) is 19.2 Å². The molecule has 0 unspecified atom stereocenters. The van der Waals surface area contributed by atoms with Gasteiger partial charge in [-0.05, 0) is 24.5 Å².